The Bertz CT molecular complexity index is 2090. The Hall–Kier alpha value is -5.81. The van der Waals surface area contributed by atoms with Crippen molar-refractivity contribution in [3.63, 3.8) is 0 Å². The summed E-state index contributed by atoms with van der Waals surface area (Å²) in [5.41, 5.74) is 21.7. The van der Waals surface area contributed by atoms with Gasteiger partial charge in [0.25, 0.3) is 0 Å². The van der Waals surface area contributed by atoms with Crippen molar-refractivity contribution in [3.8, 4) is 33.9 Å². The van der Waals surface area contributed by atoms with Crippen LogP contribution in [0.4, 0.5) is 28.4 Å². The smallest absolute Gasteiger partial charge is 0.151 e. The van der Waals surface area contributed by atoms with Crippen molar-refractivity contribution in [1.29, 1.82) is 0 Å². The molecule has 0 aliphatic carbocycles. The number of pyridine rings is 1. The van der Waals surface area contributed by atoms with Crippen molar-refractivity contribution in [3.05, 3.63) is 134 Å². The quantitative estimate of drug-likeness (QED) is 0.132. The topological polar surface area (TPSA) is 77.4 Å². The molecule has 8 rings (SSSR count). The van der Waals surface area contributed by atoms with Crippen LogP contribution < -0.4 is 21.1 Å². The summed E-state index contributed by atoms with van der Waals surface area (Å²) in [6.45, 7) is 0. The number of aromatic nitrogens is 1. The molecule has 1 aliphatic rings. The van der Waals surface area contributed by atoms with Crippen molar-refractivity contribution < 1.29 is 4.74 Å². The van der Waals surface area contributed by atoms with Gasteiger partial charge in [0.2, 0.25) is 0 Å². The normalized spacial score (nSPS) is 12.1. The molecule has 5 nitrogen and oxygen atoms in total. The molecule has 4 N–H and O–H groups in total. The Labute approximate surface area is 243 Å². The third kappa shape index (κ3) is 3.75. The molecule has 0 unspecified atom stereocenters. The highest BCUT2D eigenvalue weighted by molar-refractivity contribution is 6.20. The number of anilines is 5. The fourth-order valence-electron chi connectivity index (χ4n) is 5.95. The molecule has 0 saturated carbocycles. The summed E-state index contributed by atoms with van der Waals surface area (Å²) >= 11 is 0. The van der Waals surface area contributed by atoms with Gasteiger partial charge in [0.15, 0.2) is 11.5 Å². The van der Waals surface area contributed by atoms with Gasteiger partial charge < -0.3 is 21.1 Å². The summed E-state index contributed by atoms with van der Waals surface area (Å²) in [5.74, 6) is 1.63. The number of fused-ring (bicyclic) bond motifs is 5. The molecule has 5 heteroatoms. The van der Waals surface area contributed by atoms with E-state index < -0.39 is 0 Å². The van der Waals surface area contributed by atoms with Crippen LogP contribution in [0.1, 0.15) is 0 Å². The van der Waals surface area contributed by atoms with Gasteiger partial charge in [-0.3, -0.25) is 4.98 Å². The van der Waals surface area contributed by atoms with E-state index >= 15 is 0 Å². The minimum atomic E-state index is 0.597. The highest BCUT2D eigenvalue weighted by Gasteiger charge is 2.25. The van der Waals surface area contributed by atoms with Gasteiger partial charge in [-0.05, 0) is 76.5 Å². The van der Waals surface area contributed by atoms with Crippen LogP contribution in [0, 0.1) is 0 Å². The van der Waals surface area contributed by atoms with E-state index in [9.17, 15) is 0 Å². The maximum absolute atomic E-state index is 6.62. The van der Waals surface area contributed by atoms with Crippen LogP contribution in [0.5, 0.6) is 11.5 Å². The second kappa shape index (κ2) is 9.39. The van der Waals surface area contributed by atoms with Crippen molar-refractivity contribution in [2.45, 2.75) is 0 Å². The Morgan fingerprint density at radius 1 is 0.500 bits per heavy atom. The molecule has 42 heavy (non-hydrogen) atoms. The van der Waals surface area contributed by atoms with Crippen LogP contribution in [-0.4, -0.2) is 4.98 Å². The molecular weight excluding hydrogens is 516 g/mol. The molecule has 1 aromatic heterocycles. The van der Waals surface area contributed by atoms with Gasteiger partial charge in [0.05, 0.1) is 28.4 Å². The Morgan fingerprint density at radius 2 is 1.07 bits per heavy atom. The number of nitrogen functional groups attached to an aromatic ring is 2. The zero-order valence-corrected chi connectivity index (χ0v) is 22.7. The predicted octanol–water partition coefficient (Wildman–Crippen LogP) is 9.46. The third-order valence-electron chi connectivity index (χ3n) is 8.05. The highest BCUT2D eigenvalue weighted by Crippen LogP contribution is 2.51. The molecule has 0 amide bonds. The molecule has 0 spiro atoms. The van der Waals surface area contributed by atoms with Crippen molar-refractivity contribution in [2.24, 2.45) is 0 Å². The number of nitrogens with two attached hydrogens (primary N) is 2. The zero-order chi connectivity index (χ0) is 28.2. The lowest BCUT2D eigenvalue weighted by Crippen LogP contribution is -2.15. The molecule has 6 aromatic carbocycles. The molecule has 0 saturated heterocycles. The first-order valence-electron chi connectivity index (χ1n) is 13.9. The molecule has 2 heterocycles. The molecule has 0 radical (unpaired) electrons. The largest absolute Gasteiger partial charge is 0.453 e. The van der Waals surface area contributed by atoms with E-state index in [1.165, 1.54) is 0 Å². The summed E-state index contributed by atoms with van der Waals surface area (Å²) < 4.78 is 6.24. The molecule has 1 aliphatic heterocycles. The van der Waals surface area contributed by atoms with Crippen LogP contribution >= 0.6 is 0 Å². The van der Waals surface area contributed by atoms with Gasteiger partial charge in [-0.2, -0.15) is 0 Å². The first-order chi connectivity index (χ1) is 20.7. The van der Waals surface area contributed by atoms with Crippen LogP contribution in [0.2, 0.25) is 0 Å². The summed E-state index contributed by atoms with van der Waals surface area (Å²) in [5, 5.41) is 3.97. The van der Waals surface area contributed by atoms with E-state index in [2.05, 4.69) is 82.7 Å². The van der Waals surface area contributed by atoms with Gasteiger partial charge in [-0.25, -0.2) is 0 Å². The van der Waals surface area contributed by atoms with Gasteiger partial charge in [0, 0.05) is 28.2 Å². The average Bonchev–Trinajstić information content (AvgIpc) is 3.06. The standard InChI is InChI=1S/C37H26N4O/c38-36-27-18-16-25(23-12-14-24(15-13-23)31-7-5-6-20-40-31)21-29(27)30-22-26(17-19-28(30)37(36)39)41-32-8-1-3-10-34(32)42-35-11-4-2-9-33(35)41/h1-22H,38-39H2. The van der Waals surface area contributed by atoms with Crippen LogP contribution in [0.15, 0.2) is 134 Å². The molecule has 200 valence electrons. The van der Waals surface area contributed by atoms with Gasteiger partial charge in [-0.15, -0.1) is 0 Å². The molecule has 7 aromatic rings. The highest BCUT2D eigenvalue weighted by atomic mass is 16.5. The van der Waals surface area contributed by atoms with Gasteiger partial charge in [-0.1, -0.05) is 72.8 Å². The fourth-order valence-corrected chi connectivity index (χ4v) is 5.95. The lowest BCUT2D eigenvalue weighted by atomic mass is 9.94. The second-order valence-electron chi connectivity index (χ2n) is 10.5. The number of hydrogen-bond acceptors (Lipinski definition) is 5. The number of rotatable bonds is 3. The van der Waals surface area contributed by atoms with Crippen molar-refractivity contribution >= 4 is 50.0 Å². The zero-order valence-electron chi connectivity index (χ0n) is 22.7. The summed E-state index contributed by atoms with van der Waals surface area (Å²) in [7, 11) is 0. The van der Waals surface area contributed by atoms with E-state index in [1.807, 2.05) is 60.8 Å². The first kappa shape index (κ1) is 24.0. The number of benzene rings is 6. The fraction of sp³-hybridized carbons (Fsp3) is 0. The number of nitrogens with zero attached hydrogens (tertiary/aromatic N) is 2. The van der Waals surface area contributed by atoms with Crippen molar-refractivity contribution in [2.75, 3.05) is 16.4 Å². The number of hydrogen-bond donors (Lipinski definition) is 2. The SMILES string of the molecule is Nc1c(N)c2ccc(N3c4ccccc4Oc4ccccc43)cc2c2cc(-c3ccc(-c4ccccn4)cc3)ccc12. The summed E-state index contributed by atoms with van der Waals surface area (Å²) in [6.07, 6.45) is 1.82. The van der Waals surface area contributed by atoms with Crippen LogP contribution in [0.3, 0.4) is 0 Å². The molecule has 0 fully saturated rings. The lowest BCUT2D eigenvalue weighted by Gasteiger charge is -2.33. The molecule has 0 atom stereocenters. The molecular formula is C37H26N4O. The average molecular weight is 543 g/mol. The predicted molar refractivity (Wildman–Crippen MR) is 174 cm³/mol. The summed E-state index contributed by atoms with van der Waals surface area (Å²) in [4.78, 5) is 6.72. The molecule has 0 bridgehead atoms. The van der Waals surface area contributed by atoms with E-state index in [1.54, 1.807) is 0 Å². The Balaban J connectivity index is 1.31. The monoisotopic (exact) mass is 542 g/mol. The van der Waals surface area contributed by atoms with Gasteiger partial charge >= 0.3 is 0 Å². The number of para-hydroxylation sites is 4. The Kier molecular flexibility index (Phi) is 5.37. The third-order valence-corrected chi connectivity index (χ3v) is 8.05. The van der Waals surface area contributed by atoms with Crippen molar-refractivity contribution in [1.82, 2.24) is 4.98 Å². The maximum atomic E-state index is 6.62. The number of ether oxygens (including phenoxy) is 1. The van der Waals surface area contributed by atoms with E-state index in [0.717, 1.165) is 72.5 Å². The van der Waals surface area contributed by atoms with E-state index in [0.29, 0.717) is 11.4 Å². The maximum Gasteiger partial charge on any atom is 0.151 e. The van der Waals surface area contributed by atoms with Crippen LogP contribution in [-0.2, 0) is 0 Å². The lowest BCUT2D eigenvalue weighted by molar-refractivity contribution is 0.477. The Morgan fingerprint density at radius 3 is 1.74 bits per heavy atom. The minimum absolute atomic E-state index is 0.597. The van der Waals surface area contributed by atoms with Crippen LogP contribution in [0.25, 0.3) is 43.9 Å². The van der Waals surface area contributed by atoms with Gasteiger partial charge in [0.1, 0.15) is 0 Å². The first-order valence-corrected chi connectivity index (χ1v) is 13.9. The second-order valence-corrected chi connectivity index (χ2v) is 10.5. The van der Waals surface area contributed by atoms with E-state index in [-0.39, 0.29) is 0 Å². The summed E-state index contributed by atoms with van der Waals surface area (Å²) in [6, 6.07) is 43.5. The van der Waals surface area contributed by atoms with E-state index in [4.69, 9.17) is 16.2 Å². The minimum Gasteiger partial charge on any atom is -0.453 e.